The minimum absolute atomic E-state index is 0.0194. The number of hydrogen-bond donors (Lipinski definition) is 1. The largest absolute Gasteiger partial charge is 0.486 e. The number of aryl methyl sites for hydroxylation is 2. The molecule has 1 aromatic heterocycles. The minimum atomic E-state index is -0.468. The van der Waals surface area contributed by atoms with Crippen LogP contribution in [0.1, 0.15) is 34.3 Å². The lowest BCUT2D eigenvalue weighted by Crippen LogP contribution is -2.16. The Kier molecular flexibility index (Phi) is 5.31. The first kappa shape index (κ1) is 17.7. The van der Waals surface area contributed by atoms with Crippen molar-refractivity contribution in [2.75, 3.05) is 5.32 Å². The molecule has 3 aromatic rings. The number of ether oxygens (including phenoxy) is 1. The van der Waals surface area contributed by atoms with Gasteiger partial charge >= 0.3 is 0 Å². The van der Waals surface area contributed by atoms with Crippen LogP contribution in [0.5, 0.6) is 5.75 Å². The molecule has 26 heavy (non-hydrogen) atoms. The second-order valence-corrected chi connectivity index (χ2v) is 5.75. The van der Waals surface area contributed by atoms with Gasteiger partial charge in [0, 0.05) is 5.69 Å². The van der Waals surface area contributed by atoms with E-state index in [1.807, 2.05) is 31.2 Å². The van der Waals surface area contributed by atoms with Crippen LogP contribution in [0, 0.1) is 12.7 Å². The number of halogens is 1. The number of rotatable bonds is 6. The van der Waals surface area contributed by atoms with Crippen molar-refractivity contribution in [1.29, 1.82) is 0 Å². The van der Waals surface area contributed by atoms with E-state index in [9.17, 15) is 9.18 Å². The molecule has 0 fully saturated rings. The third-order valence-corrected chi connectivity index (χ3v) is 4.05. The molecule has 2 aromatic carbocycles. The summed E-state index contributed by atoms with van der Waals surface area (Å²) in [5.41, 5.74) is 2.36. The number of benzene rings is 2. The molecule has 0 bridgehead atoms. The van der Waals surface area contributed by atoms with Crippen molar-refractivity contribution in [2.45, 2.75) is 26.9 Å². The van der Waals surface area contributed by atoms with Crippen LogP contribution < -0.4 is 10.1 Å². The van der Waals surface area contributed by atoms with Crippen molar-refractivity contribution >= 4 is 11.6 Å². The van der Waals surface area contributed by atoms with Crippen molar-refractivity contribution in [3.8, 4) is 5.75 Å². The summed E-state index contributed by atoms with van der Waals surface area (Å²) in [7, 11) is 0. The summed E-state index contributed by atoms with van der Waals surface area (Å²) >= 11 is 0. The fourth-order valence-electron chi connectivity index (χ4n) is 2.58. The quantitative estimate of drug-likeness (QED) is 0.707. The molecule has 0 aliphatic carbocycles. The Morgan fingerprint density at radius 2 is 1.92 bits per heavy atom. The fourth-order valence-corrected chi connectivity index (χ4v) is 2.58. The monoisotopic (exact) mass is 354 g/mol. The molecule has 0 spiro atoms. The molecule has 0 saturated heterocycles. The maximum Gasteiger partial charge on any atom is 0.278 e. The van der Waals surface area contributed by atoms with Crippen LogP contribution in [0.15, 0.2) is 53.1 Å². The van der Waals surface area contributed by atoms with Gasteiger partial charge in [-0.05, 0) is 37.1 Å². The number of aromatic nitrogens is 1. The summed E-state index contributed by atoms with van der Waals surface area (Å²) < 4.78 is 24.3. The first-order chi connectivity index (χ1) is 12.6. The van der Waals surface area contributed by atoms with Crippen molar-refractivity contribution < 1.29 is 18.4 Å². The lowest BCUT2D eigenvalue weighted by molar-refractivity contribution is 0.101. The zero-order valence-electron chi connectivity index (χ0n) is 14.6. The van der Waals surface area contributed by atoms with Gasteiger partial charge in [-0.3, -0.25) is 4.79 Å². The molecule has 0 saturated carbocycles. The molecule has 1 heterocycles. The number of nitrogens with one attached hydrogen (secondary N) is 1. The van der Waals surface area contributed by atoms with Crippen molar-refractivity contribution in [3.63, 3.8) is 0 Å². The molecule has 0 aliphatic heterocycles. The summed E-state index contributed by atoms with van der Waals surface area (Å²) in [5.74, 6) is -0.301. The van der Waals surface area contributed by atoms with Gasteiger partial charge in [0.15, 0.2) is 17.3 Å². The zero-order valence-corrected chi connectivity index (χ0v) is 14.6. The highest BCUT2D eigenvalue weighted by molar-refractivity contribution is 6.04. The molecular weight excluding hydrogens is 335 g/mol. The number of carbonyl (C=O) groups is 1. The van der Waals surface area contributed by atoms with Crippen LogP contribution >= 0.6 is 0 Å². The van der Waals surface area contributed by atoms with Crippen LogP contribution in [0.2, 0.25) is 0 Å². The molecule has 6 heteroatoms. The predicted molar refractivity (Wildman–Crippen MR) is 95.7 cm³/mol. The lowest BCUT2D eigenvalue weighted by atomic mass is 10.1. The van der Waals surface area contributed by atoms with E-state index in [2.05, 4.69) is 10.5 Å². The molecule has 1 amide bonds. The molecular formula is C20H19FN2O3. The van der Waals surface area contributed by atoms with Crippen LogP contribution in [0.25, 0.3) is 0 Å². The fraction of sp³-hybridized carbons (Fsp3) is 0.200. The highest BCUT2D eigenvalue weighted by Gasteiger charge is 2.21. The minimum Gasteiger partial charge on any atom is -0.486 e. The van der Waals surface area contributed by atoms with E-state index in [0.717, 1.165) is 17.7 Å². The van der Waals surface area contributed by atoms with Crippen molar-refractivity contribution in [3.05, 3.63) is 76.9 Å². The van der Waals surface area contributed by atoms with Crippen molar-refractivity contribution in [2.24, 2.45) is 0 Å². The summed E-state index contributed by atoms with van der Waals surface area (Å²) in [6, 6.07) is 13.6. The molecule has 134 valence electrons. The summed E-state index contributed by atoms with van der Waals surface area (Å²) in [6.45, 7) is 3.68. The van der Waals surface area contributed by atoms with Crippen molar-refractivity contribution in [1.82, 2.24) is 5.16 Å². The molecule has 0 unspecified atom stereocenters. The molecule has 3 rings (SSSR count). The number of nitrogens with zero attached hydrogens (tertiary/aromatic N) is 1. The van der Waals surface area contributed by atoms with Gasteiger partial charge in [0.2, 0.25) is 0 Å². The van der Waals surface area contributed by atoms with Gasteiger partial charge in [-0.15, -0.1) is 0 Å². The Morgan fingerprint density at radius 3 is 2.69 bits per heavy atom. The van der Waals surface area contributed by atoms with Gasteiger partial charge in [0.05, 0.1) is 5.56 Å². The SMILES string of the molecule is CCc1ccccc1NC(=O)c1noc(C)c1COc1ccccc1F. The molecule has 0 aliphatic rings. The normalized spacial score (nSPS) is 10.6. The Morgan fingerprint density at radius 1 is 1.19 bits per heavy atom. The maximum absolute atomic E-state index is 13.7. The summed E-state index contributed by atoms with van der Waals surface area (Å²) in [6.07, 6.45) is 0.789. The first-order valence-corrected chi connectivity index (χ1v) is 8.32. The average molecular weight is 354 g/mol. The number of amides is 1. The lowest BCUT2D eigenvalue weighted by Gasteiger charge is -2.10. The van der Waals surface area contributed by atoms with E-state index in [0.29, 0.717) is 11.3 Å². The predicted octanol–water partition coefficient (Wildman–Crippen LogP) is 4.52. The Bertz CT molecular complexity index is 921. The highest BCUT2D eigenvalue weighted by atomic mass is 19.1. The standard InChI is InChI=1S/C20H19FN2O3/c1-3-14-8-4-6-10-17(14)22-20(24)19-15(13(2)26-23-19)12-25-18-11-7-5-9-16(18)21/h4-11H,3,12H2,1-2H3,(H,22,24). The smallest absolute Gasteiger partial charge is 0.278 e. The second-order valence-electron chi connectivity index (χ2n) is 5.75. The van der Waals surface area contributed by atoms with Crippen LogP contribution in [-0.2, 0) is 13.0 Å². The number of carbonyl (C=O) groups excluding carboxylic acids is 1. The Balaban J connectivity index is 1.79. The first-order valence-electron chi connectivity index (χ1n) is 8.32. The van der Waals surface area contributed by atoms with Gasteiger partial charge in [-0.2, -0.15) is 0 Å². The summed E-state index contributed by atoms with van der Waals surface area (Å²) in [4.78, 5) is 12.6. The average Bonchev–Trinajstić information content (AvgIpc) is 3.02. The Labute approximate surface area is 150 Å². The number of hydrogen-bond acceptors (Lipinski definition) is 4. The van der Waals surface area contributed by atoms with E-state index in [4.69, 9.17) is 9.26 Å². The van der Waals surface area contributed by atoms with E-state index >= 15 is 0 Å². The molecule has 5 nitrogen and oxygen atoms in total. The number of anilines is 1. The maximum atomic E-state index is 13.7. The summed E-state index contributed by atoms with van der Waals surface area (Å²) in [5, 5.41) is 6.69. The van der Waals surface area contributed by atoms with E-state index in [1.165, 1.54) is 12.1 Å². The molecule has 0 radical (unpaired) electrons. The topological polar surface area (TPSA) is 64.4 Å². The Hall–Kier alpha value is -3.15. The van der Waals surface area contributed by atoms with Crippen LogP contribution in [0.4, 0.5) is 10.1 Å². The van der Waals surface area contributed by atoms with Gasteiger partial charge in [0.1, 0.15) is 12.4 Å². The van der Waals surface area contributed by atoms with Gasteiger partial charge < -0.3 is 14.6 Å². The second kappa shape index (κ2) is 7.82. The van der Waals surface area contributed by atoms with Gasteiger partial charge in [-0.1, -0.05) is 42.4 Å². The van der Waals surface area contributed by atoms with E-state index < -0.39 is 11.7 Å². The third-order valence-electron chi connectivity index (χ3n) is 4.05. The third kappa shape index (κ3) is 3.74. The van der Waals surface area contributed by atoms with E-state index in [1.54, 1.807) is 19.1 Å². The number of para-hydroxylation sites is 2. The molecule has 0 atom stereocenters. The van der Waals surface area contributed by atoms with Gasteiger partial charge in [0.25, 0.3) is 5.91 Å². The van der Waals surface area contributed by atoms with Crippen LogP contribution in [0.3, 0.4) is 0 Å². The van der Waals surface area contributed by atoms with Gasteiger partial charge in [-0.25, -0.2) is 4.39 Å². The van der Waals surface area contributed by atoms with E-state index in [-0.39, 0.29) is 18.1 Å². The zero-order chi connectivity index (χ0) is 18.5. The van der Waals surface area contributed by atoms with Crippen LogP contribution in [-0.4, -0.2) is 11.1 Å². The highest BCUT2D eigenvalue weighted by Crippen LogP contribution is 2.22. The molecule has 1 N–H and O–H groups in total.